The molecule has 0 N–H and O–H groups in total. The molecule has 1 unspecified atom stereocenters. The number of hydrogen-bond donors (Lipinski definition) is 0. The van der Waals surface area contributed by atoms with Crippen LogP contribution in [0.15, 0.2) is 42.5 Å². The molecule has 1 amide bonds. The fourth-order valence-corrected chi connectivity index (χ4v) is 2.44. The molecule has 0 saturated heterocycles. The molecule has 0 fully saturated rings. The number of ketones is 1. The van der Waals surface area contributed by atoms with Crippen LogP contribution in [0.5, 0.6) is 0 Å². The zero-order valence-electron chi connectivity index (χ0n) is 14.9. The largest absolute Gasteiger partial charge is 0.332 e. The highest BCUT2D eigenvalue weighted by Crippen LogP contribution is 2.24. The van der Waals surface area contributed by atoms with Crippen molar-refractivity contribution < 1.29 is 19.4 Å². The van der Waals surface area contributed by atoms with Crippen molar-refractivity contribution >= 4 is 23.1 Å². The summed E-state index contributed by atoms with van der Waals surface area (Å²) in [7, 11) is 1.36. The van der Waals surface area contributed by atoms with Crippen molar-refractivity contribution in [1.29, 1.82) is 0 Å². The van der Waals surface area contributed by atoms with Gasteiger partial charge in [-0.05, 0) is 13.8 Å². The van der Waals surface area contributed by atoms with E-state index in [2.05, 4.69) is 0 Å². The predicted molar refractivity (Wildman–Crippen MR) is 96.8 cm³/mol. The van der Waals surface area contributed by atoms with E-state index < -0.39 is 33.2 Å². The van der Waals surface area contributed by atoms with Crippen LogP contribution in [0.4, 0.5) is 11.4 Å². The van der Waals surface area contributed by atoms with Crippen molar-refractivity contribution in [3.8, 4) is 0 Å². The number of carbonyl (C=O) groups is 2. The fraction of sp³-hybridized carbons (Fsp3) is 0.222. The van der Waals surface area contributed by atoms with E-state index in [9.17, 15) is 29.8 Å². The first-order valence-electron chi connectivity index (χ1n) is 7.93. The van der Waals surface area contributed by atoms with Crippen LogP contribution >= 0.6 is 0 Å². The summed E-state index contributed by atoms with van der Waals surface area (Å²) in [5.74, 6) is -1.04. The number of nitro groups is 2. The average Bonchev–Trinajstić information content (AvgIpc) is 2.65. The molecule has 0 aliphatic rings. The number of non-ortho nitro benzene ring substituents is 2. The van der Waals surface area contributed by atoms with Gasteiger partial charge < -0.3 is 4.90 Å². The minimum absolute atomic E-state index is 0.234. The Kier molecular flexibility index (Phi) is 5.64. The molecule has 9 nitrogen and oxygen atoms in total. The summed E-state index contributed by atoms with van der Waals surface area (Å²) in [4.78, 5) is 46.7. The zero-order valence-corrected chi connectivity index (χ0v) is 14.9. The maximum atomic E-state index is 12.7. The summed E-state index contributed by atoms with van der Waals surface area (Å²) >= 11 is 0. The molecule has 0 saturated carbocycles. The lowest BCUT2D eigenvalue weighted by atomic mass is 10.0. The molecule has 0 spiro atoms. The van der Waals surface area contributed by atoms with Gasteiger partial charge in [0, 0.05) is 24.7 Å². The summed E-state index contributed by atoms with van der Waals surface area (Å²) in [6.45, 7) is 3.40. The molecular weight excluding hydrogens is 354 g/mol. The Labute approximate surface area is 154 Å². The molecule has 0 aliphatic heterocycles. The van der Waals surface area contributed by atoms with Gasteiger partial charge in [0.05, 0.1) is 27.5 Å². The highest BCUT2D eigenvalue weighted by Gasteiger charge is 2.27. The van der Waals surface area contributed by atoms with Gasteiger partial charge in [-0.2, -0.15) is 0 Å². The maximum Gasteiger partial charge on any atom is 0.277 e. The molecule has 27 heavy (non-hydrogen) atoms. The Balaban J connectivity index is 2.33. The minimum atomic E-state index is -0.862. The van der Waals surface area contributed by atoms with Gasteiger partial charge >= 0.3 is 0 Å². The van der Waals surface area contributed by atoms with Crippen molar-refractivity contribution in [3.05, 3.63) is 79.4 Å². The van der Waals surface area contributed by atoms with E-state index in [1.54, 1.807) is 24.3 Å². The molecule has 0 aromatic heterocycles. The van der Waals surface area contributed by atoms with Gasteiger partial charge in [0.25, 0.3) is 17.3 Å². The number of benzene rings is 2. The monoisotopic (exact) mass is 371 g/mol. The second-order valence-electron chi connectivity index (χ2n) is 6.07. The number of carbonyl (C=O) groups excluding carboxylic acids is 2. The number of nitrogens with zero attached hydrogens (tertiary/aromatic N) is 3. The maximum absolute atomic E-state index is 12.7. The molecule has 140 valence electrons. The molecule has 0 bridgehead atoms. The molecular formula is C18H17N3O6. The third-order valence-electron chi connectivity index (χ3n) is 4.19. The second kappa shape index (κ2) is 7.73. The van der Waals surface area contributed by atoms with Gasteiger partial charge in [0.2, 0.25) is 0 Å². The number of hydrogen-bond acceptors (Lipinski definition) is 6. The molecule has 9 heteroatoms. The predicted octanol–water partition coefficient (Wildman–Crippen LogP) is 3.15. The number of likely N-dealkylation sites (N-methyl/N-ethyl adjacent to an activating group) is 1. The van der Waals surface area contributed by atoms with Crippen molar-refractivity contribution in [1.82, 2.24) is 4.90 Å². The summed E-state index contributed by atoms with van der Waals surface area (Å²) in [5, 5.41) is 22.0. The zero-order chi connectivity index (χ0) is 20.3. The lowest BCUT2D eigenvalue weighted by Crippen LogP contribution is -2.40. The number of rotatable bonds is 6. The van der Waals surface area contributed by atoms with Gasteiger partial charge in [-0.3, -0.25) is 29.8 Å². The van der Waals surface area contributed by atoms with Crippen LogP contribution in [-0.2, 0) is 0 Å². The summed E-state index contributed by atoms with van der Waals surface area (Å²) in [5.41, 5.74) is 0.0178. The minimum Gasteiger partial charge on any atom is -0.332 e. The van der Waals surface area contributed by atoms with E-state index in [1.165, 1.54) is 14.0 Å². The van der Waals surface area contributed by atoms with Crippen LogP contribution in [0, 0.1) is 27.2 Å². The van der Waals surface area contributed by atoms with Crippen molar-refractivity contribution in [2.75, 3.05) is 7.05 Å². The summed E-state index contributed by atoms with van der Waals surface area (Å²) in [6, 6.07) is 8.65. The smallest absolute Gasteiger partial charge is 0.277 e. The van der Waals surface area contributed by atoms with E-state index >= 15 is 0 Å². The highest BCUT2D eigenvalue weighted by molar-refractivity contribution is 6.04. The Bertz CT molecular complexity index is 891. The normalized spacial score (nSPS) is 11.5. The van der Waals surface area contributed by atoms with E-state index in [4.69, 9.17) is 0 Å². The van der Waals surface area contributed by atoms with Gasteiger partial charge in [0.15, 0.2) is 5.78 Å². The lowest BCUT2D eigenvalue weighted by molar-refractivity contribution is -0.394. The van der Waals surface area contributed by atoms with Crippen molar-refractivity contribution in [2.24, 2.45) is 0 Å². The molecule has 0 aliphatic carbocycles. The molecule has 1 atom stereocenters. The summed E-state index contributed by atoms with van der Waals surface area (Å²) in [6.07, 6.45) is 0. The first-order valence-corrected chi connectivity index (χ1v) is 7.93. The van der Waals surface area contributed by atoms with Gasteiger partial charge in [-0.1, -0.05) is 29.8 Å². The molecule has 2 rings (SSSR count). The Morgan fingerprint density at radius 3 is 1.85 bits per heavy atom. The second-order valence-corrected chi connectivity index (χ2v) is 6.07. The van der Waals surface area contributed by atoms with E-state index in [0.29, 0.717) is 5.56 Å². The van der Waals surface area contributed by atoms with Gasteiger partial charge in [-0.15, -0.1) is 0 Å². The lowest BCUT2D eigenvalue weighted by Gasteiger charge is -2.24. The fourth-order valence-electron chi connectivity index (χ4n) is 2.44. The molecule has 0 heterocycles. The summed E-state index contributed by atoms with van der Waals surface area (Å²) < 4.78 is 0. The highest BCUT2D eigenvalue weighted by atomic mass is 16.6. The van der Waals surface area contributed by atoms with Crippen LogP contribution in [-0.4, -0.2) is 39.5 Å². The van der Waals surface area contributed by atoms with E-state index in [-0.39, 0.29) is 11.3 Å². The topological polar surface area (TPSA) is 124 Å². The number of aryl methyl sites for hydroxylation is 1. The van der Waals surface area contributed by atoms with E-state index in [1.807, 2.05) is 6.92 Å². The first-order chi connectivity index (χ1) is 12.6. The van der Waals surface area contributed by atoms with Crippen LogP contribution in [0.1, 0.15) is 33.2 Å². The Morgan fingerprint density at radius 2 is 1.41 bits per heavy atom. The molecule has 2 aromatic carbocycles. The standard InChI is InChI=1S/C18H17N3O6/c1-11-4-6-13(7-5-11)17(22)12(2)19(3)18(23)14-8-15(20(24)25)10-16(9-14)21(26)27/h4-10,12H,1-3H3. The third-order valence-corrected chi connectivity index (χ3v) is 4.19. The van der Waals surface area contributed by atoms with Gasteiger partial charge in [-0.25, -0.2) is 0 Å². The van der Waals surface area contributed by atoms with Crippen LogP contribution < -0.4 is 0 Å². The van der Waals surface area contributed by atoms with E-state index in [0.717, 1.165) is 28.7 Å². The molecule has 0 radical (unpaired) electrons. The SMILES string of the molecule is Cc1ccc(C(=O)C(C)N(C)C(=O)c2cc([N+](=O)[O-])cc([N+](=O)[O-])c2)cc1. The van der Waals surface area contributed by atoms with Crippen molar-refractivity contribution in [3.63, 3.8) is 0 Å². The number of nitro benzene ring substituents is 2. The number of Topliss-reactive ketones (excluding diaryl/α,β-unsaturated/α-hetero) is 1. The molecule has 2 aromatic rings. The van der Waals surface area contributed by atoms with Crippen molar-refractivity contribution in [2.45, 2.75) is 19.9 Å². The Morgan fingerprint density at radius 1 is 0.926 bits per heavy atom. The first kappa shape index (κ1) is 19.7. The average molecular weight is 371 g/mol. The van der Waals surface area contributed by atoms with Crippen LogP contribution in [0.25, 0.3) is 0 Å². The van der Waals surface area contributed by atoms with Crippen LogP contribution in [0.3, 0.4) is 0 Å². The number of amides is 1. The third kappa shape index (κ3) is 4.32. The Hall–Kier alpha value is -3.62. The van der Waals surface area contributed by atoms with Gasteiger partial charge in [0.1, 0.15) is 0 Å². The van der Waals surface area contributed by atoms with Crippen LogP contribution in [0.2, 0.25) is 0 Å². The quantitative estimate of drug-likeness (QED) is 0.436.